The molecule has 0 saturated heterocycles. The largest absolute Gasteiger partial charge is 0.416 e. The SMILES string of the molecule is CC(C)(C)c1ccc(-c2ccc(C(F)(F)F)cc2NC(=O)[C@H]2CCC3C4CN=C5CC(=O)CC[C@]5(C)C4CC[C@@]32C)cc1. The van der Waals surface area contributed by atoms with Gasteiger partial charge in [-0.3, -0.25) is 14.6 Å². The zero-order valence-electron chi connectivity index (χ0n) is 25.9. The minimum atomic E-state index is -4.52. The Bertz CT molecular complexity index is 1470. The smallest absolute Gasteiger partial charge is 0.325 e. The van der Waals surface area contributed by atoms with E-state index in [2.05, 4.69) is 39.9 Å². The van der Waals surface area contributed by atoms with E-state index in [1.54, 1.807) is 0 Å². The molecule has 1 amide bonds. The highest BCUT2D eigenvalue weighted by Crippen LogP contribution is 2.64. The van der Waals surface area contributed by atoms with Gasteiger partial charge in [-0.15, -0.1) is 0 Å². The van der Waals surface area contributed by atoms with E-state index in [1.165, 1.54) is 6.07 Å². The summed E-state index contributed by atoms with van der Waals surface area (Å²) in [5, 5.41) is 2.99. The van der Waals surface area contributed by atoms with Crippen LogP contribution in [0.5, 0.6) is 0 Å². The van der Waals surface area contributed by atoms with Gasteiger partial charge in [0.1, 0.15) is 5.78 Å². The number of nitrogens with one attached hydrogen (secondary N) is 1. The Morgan fingerprint density at radius 1 is 0.930 bits per heavy atom. The Hall–Kier alpha value is -2.96. The van der Waals surface area contributed by atoms with Crippen LogP contribution < -0.4 is 5.32 Å². The van der Waals surface area contributed by atoms with Crippen LogP contribution in [0.25, 0.3) is 11.1 Å². The van der Waals surface area contributed by atoms with E-state index in [0.717, 1.165) is 61.1 Å². The van der Waals surface area contributed by atoms with Crippen LogP contribution in [-0.4, -0.2) is 23.9 Å². The molecule has 2 aromatic rings. The number of ketones is 1. The lowest BCUT2D eigenvalue weighted by molar-refractivity contribution is -0.137. The second-order valence-corrected chi connectivity index (χ2v) is 15.0. The minimum Gasteiger partial charge on any atom is -0.325 e. The minimum absolute atomic E-state index is 0.0476. The highest BCUT2D eigenvalue weighted by Gasteiger charge is 2.60. The van der Waals surface area contributed by atoms with Crippen LogP contribution in [0.15, 0.2) is 47.5 Å². The van der Waals surface area contributed by atoms with E-state index in [4.69, 9.17) is 4.99 Å². The molecule has 43 heavy (non-hydrogen) atoms. The molecular formula is C36H43F3N2O2. The molecule has 6 atom stereocenters. The number of aliphatic imine (C=N–C) groups is 1. The van der Waals surface area contributed by atoms with E-state index in [1.807, 2.05) is 24.3 Å². The quantitative estimate of drug-likeness (QED) is 0.387. The highest BCUT2D eigenvalue weighted by atomic mass is 19.4. The number of hydrogen-bond acceptors (Lipinski definition) is 3. The van der Waals surface area contributed by atoms with Crippen molar-refractivity contribution in [3.63, 3.8) is 0 Å². The van der Waals surface area contributed by atoms with Crippen molar-refractivity contribution in [1.82, 2.24) is 0 Å². The number of carbonyl (C=O) groups excluding carboxylic acids is 2. The summed E-state index contributed by atoms with van der Waals surface area (Å²) in [6.45, 7) is 11.6. The molecule has 230 valence electrons. The predicted octanol–water partition coefficient (Wildman–Crippen LogP) is 8.88. The maximum atomic E-state index is 14.0. The Balaban J connectivity index is 1.28. The van der Waals surface area contributed by atoms with Crippen LogP contribution in [0.2, 0.25) is 0 Å². The molecular weight excluding hydrogens is 549 g/mol. The van der Waals surface area contributed by atoms with Crippen molar-refractivity contribution in [2.45, 2.75) is 91.2 Å². The standard InChI is InChI=1S/C36H43F3N2O2/c1-33(2,3)22-8-6-21(7-9-22)25-11-10-23(36(37,38)39)18-30(25)41-32(43)29-13-12-27-26-20-40-31-19-24(42)14-16-35(31,5)28(26)15-17-34(27,29)4/h6-11,18,26-29H,12-17,19-20H2,1-5H3,(H,41,43)/t26?,27?,28?,29-,34+,35-/m1/s1. The number of fused-ring (bicyclic) bond motifs is 5. The number of amides is 1. The average molecular weight is 593 g/mol. The molecule has 3 saturated carbocycles. The summed E-state index contributed by atoms with van der Waals surface area (Å²) in [5.74, 6) is 0.961. The summed E-state index contributed by atoms with van der Waals surface area (Å²) in [6.07, 6.45) is 0.952. The molecule has 4 aliphatic rings. The van der Waals surface area contributed by atoms with Crippen LogP contribution >= 0.6 is 0 Å². The fourth-order valence-corrected chi connectivity index (χ4v) is 9.08. The first kappa shape index (κ1) is 30.1. The fraction of sp³-hybridized carbons (Fsp3) is 0.583. The van der Waals surface area contributed by atoms with Gasteiger partial charge in [-0.1, -0.05) is 65.0 Å². The lowest BCUT2D eigenvalue weighted by Crippen LogP contribution is -2.55. The average Bonchev–Trinajstić information content (AvgIpc) is 3.30. The molecule has 0 spiro atoms. The first-order valence-electron chi connectivity index (χ1n) is 15.8. The summed E-state index contributed by atoms with van der Waals surface area (Å²) in [5.41, 5.74) is 2.64. The van der Waals surface area contributed by atoms with E-state index in [-0.39, 0.29) is 39.5 Å². The van der Waals surface area contributed by atoms with Gasteiger partial charge >= 0.3 is 6.18 Å². The Morgan fingerprint density at radius 3 is 2.30 bits per heavy atom. The number of hydrogen-bond donors (Lipinski definition) is 1. The molecule has 3 unspecified atom stereocenters. The van der Waals surface area contributed by atoms with Crippen molar-refractivity contribution in [2.75, 3.05) is 11.9 Å². The van der Waals surface area contributed by atoms with Crippen molar-refractivity contribution in [2.24, 2.45) is 39.5 Å². The van der Waals surface area contributed by atoms with Gasteiger partial charge in [0.05, 0.1) is 5.56 Å². The topological polar surface area (TPSA) is 58.5 Å². The Kier molecular flexibility index (Phi) is 7.21. The van der Waals surface area contributed by atoms with Gasteiger partial charge < -0.3 is 5.32 Å². The molecule has 0 aromatic heterocycles. The second-order valence-electron chi connectivity index (χ2n) is 15.0. The van der Waals surface area contributed by atoms with Gasteiger partial charge in [-0.25, -0.2) is 0 Å². The van der Waals surface area contributed by atoms with Crippen LogP contribution in [0.3, 0.4) is 0 Å². The molecule has 6 rings (SSSR count). The van der Waals surface area contributed by atoms with Gasteiger partial charge in [-0.05, 0) is 83.9 Å². The third-order valence-electron chi connectivity index (χ3n) is 11.7. The number of anilines is 1. The van der Waals surface area contributed by atoms with E-state index >= 15 is 0 Å². The van der Waals surface area contributed by atoms with Crippen molar-refractivity contribution in [1.29, 1.82) is 0 Å². The number of carbonyl (C=O) groups is 2. The maximum Gasteiger partial charge on any atom is 0.416 e. The first-order valence-corrected chi connectivity index (χ1v) is 15.8. The maximum absolute atomic E-state index is 14.0. The number of alkyl halides is 3. The van der Waals surface area contributed by atoms with Crippen molar-refractivity contribution < 1.29 is 22.8 Å². The third-order valence-corrected chi connectivity index (χ3v) is 11.7. The lowest BCUT2D eigenvalue weighted by atomic mass is 9.49. The molecule has 0 bridgehead atoms. The van der Waals surface area contributed by atoms with E-state index in [9.17, 15) is 22.8 Å². The normalized spacial score (nSPS) is 32.4. The molecule has 4 nitrogen and oxygen atoms in total. The molecule has 7 heteroatoms. The molecule has 1 aliphatic heterocycles. The van der Waals surface area contributed by atoms with Crippen LogP contribution in [0.4, 0.5) is 18.9 Å². The summed E-state index contributed by atoms with van der Waals surface area (Å²) in [4.78, 5) is 31.2. The predicted molar refractivity (Wildman–Crippen MR) is 164 cm³/mol. The van der Waals surface area contributed by atoms with Crippen LogP contribution in [0.1, 0.15) is 90.7 Å². The summed E-state index contributed by atoms with van der Waals surface area (Å²) >= 11 is 0. The second kappa shape index (κ2) is 10.3. The number of nitrogens with zero attached hydrogens (tertiary/aromatic N) is 1. The zero-order chi connectivity index (χ0) is 30.9. The zero-order valence-corrected chi connectivity index (χ0v) is 25.9. The molecule has 3 fully saturated rings. The monoisotopic (exact) mass is 592 g/mol. The Labute approximate surface area is 252 Å². The Morgan fingerprint density at radius 2 is 1.63 bits per heavy atom. The molecule has 2 aromatic carbocycles. The van der Waals surface area contributed by atoms with Crippen molar-refractivity contribution in [3.8, 4) is 11.1 Å². The van der Waals surface area contributed by atoms with Gasteiger partial charge in [-0.2, -0.15) is 13.2 Å². The molecule has 3 aliphatic carbocycles. The van der Waals surface area contributed by atoms with Crippen molar-refractivity contribution >= 4 is 23.1 Å². The molecule has 0 radical (unpaired) electrons. The fourth-order valence-electron chi connectivity index (χ4n) is 9.08. The first-order chi connectivity index (χ1) is 20.1. The van der Waals surface area contributed by atoms with E-state index < -0.39 is 11.7 Å². The van der Waals surface area contributed by atoms with Gasteiger partial charge in [0.25, 0.3) is 0 Å². The van der Waals surface area contributed by atoms with E-state index in [0.29, 0.717) is 42.7 Å². The number of halogens is 3. The van der Waals surface area contributed by atoms with Gasteiger partial charge in [0.15, 0.2) is 0 Å². The number of benzene rings is 2. The summed E-state index contributed by atoms with van der Waals surface area (Å²) < 4.78 is 41.4. The molecule has 1 N–H and O–H groups in total. The lowest BCUT2D eigenvalue weighted by Gasteiger charge is -2.56. The summed E-state index contributed by atoms with van der Waals surface area (Å²) in [6, 6.07) is 11.5. The highest BCUT2D eigenvalue weighted by molar-refractivity contribution is 6.07. The van der Waals surface area contributed by atoms with Crippen LogP contribution in [-0.2, 0) is 21.2 Å². The molecule has 1 heterocycles. The number of Topliss-reactive ketones (excluding diaryl/α,β-unsaturated/α-hetero) is 1. The van der Waals surface area contributed by atoms with Gasteiger partial charge in [0.2, 0.25) is 5.91 Å². The van der Waals surface area contributed by atoms with Crippen LogP contribution in [0, 0.1) is 34.5 Å². The van der Waals surface area contributed by atoms with Crippen molar-refractivity contribution in [3.05, 3.63) is 53.6 Å². The number of rotatable bonds is 3. The van der Waals surface area contributed by atoms with Gasteiger partial charge in [0, 0.05) is 47.7 Å². The summed E-state index contributed by atoms with van der Waals surface area (Å²) in [7, 11) is 0. The third kappa shape index (κ3) is 5.14.